The predicted molar refractivity (Wildman–Crippen MR) is 90.9 cm³/mol. The third-order valence-corrected chi connectivity index (χ3v) is 4.97. The molecular weight excluding hydrogens is 375 g/mol. The molecule has 0 heterocycles. The van der Waals surface area contributed by atoms with Crippen LogP contribution >= 0.6 is 35.0 Å². The number of hydrogen-bond donors (Lipinski definition) is 2. The van der Waals surface area contributed by atoms with Crippen molar-refractivity contribution in [1.29, 1.82) is 0 Å². The first kappa shape index (κ1) is 18.7. The van der Waals surface area contributed by atoms with Gasteiger partial charge in [0.15, 0.2) is 0 Å². The zero-order valence-corrected chi connectivity index (χ0v) is 14.8. The van der Waals surface area contributed by atoms with Crippen LogP contribution in [0, 0.1) is 16.4 Å². The van der Waals surface area contributed by atoms with Gasteiger partial charge in [0, 0.05) is 10.1 Å². The van der Waals surface area contributed by atoms with Crippen LogP contribution < -0.4 is 11.1 Å². The average Bonchev–Trinajstić information content (AvgIpc) is 2.32. The number of amides is 1. The molecule has 0 saturated heterocycles. The zero-order chi connectivity index (χ0) is 13.9. The van der Waals surface area contributed by atoms with Crippen LogP contribution in [0.2, 0.25) is 0 Å². The molecule has 0 aliphatic heterocycles. The molecular formula is C14H22ClIN2O. The van der Waals surface area contributed by atoms with Crippen LogP contribution in [0.25, 0.3) is 0 Å². The summed E-state index contributed by atoms with van der Waals surface area (Å²) in [6.07, 6.45) is 0. The molecule has 1 aromatic rings. The van der Waals surface area contributed by atoms with Crippen molar-refractivity contribution in [2.45, 2.75) is 33.2 Å². The van der Waals surface area contributed by atoms with E-state index < -0.39 is 0 Å². The van der Waals surface area contributed by atoms with Crippen molar-refractivity contribution in [3.63, 3.8) is 0 Å². The lowest BCUT2D eigenvalue weighted by atomic mass is 9.88. The van der Waals surface area contributed by atoms with Crippen molar-refractivity contribution in [2.75, 3.05) is 6.54 Å². The van der Waals surface area contributed by atoms with Gasteiger partial charge in [-0.05, 0) is 54.0 Å². The molecule has 1 unspecified atom stereocenters. The predicted octanol–water partition coefficient (Wildman–Crippen LogP) is 3.12. The number of rotatable bonds is 4. The maximum absolute atomic E-state index is 12.3. The van der Waals surface area contributed by atoms with Crippen molar-refractivity contribution in [3.8, 4) is 0 Å². The van der Waals surface area contributed by atoms with Gasteiger partial charge in [-0.25, -0.2) is 0 Å². The minimum Gasteiger partial charge on any atom is -0.345 e. The minimum atomic E-state index is -0.371. The number of nitrogens with two attached hydrogens (primary N) is 1. The fourth-order valence-electron chi connectivity index (χ4n) is 1.58. The molecule has 0 bridgehead atoms. The van der Waals surface area contributed by atoms with E-state index in [0.717, 1.165) is 14.7 Å². The van der Waals surface area contributed by atoms with Crippen molar-refractivity contribution in [2.24, 2.45) is 11.7 Å². The summed E-state index contributed by atoms with van der Waals surface area (Å²) in [7, 11) is 0. The lowest BCUT2D eigenvalue weighted by Crippen LogP contribution is -2.55. The summed E-state index contributed by atoms with van der Waals surface area (Å²) >= 11 is 2.21. The molecule has 3 nitrogen and oxygen atoms in total. The molecule has 0 aliphatic carbocycles. The van der Waals surface area contributed by atoms with Crippen LogP contribution in [-0.2, 0) is 0 Å². The number of halogens is 2. The fraction of sp³-hybridized carbons (Fsp3) is 0.500. The largest absolute Gasteiger partial charge is 0.345 e. The summed E-state index contributed by atoms with van der Waals surface area (Å²) in [5, 5.41) is 3.06. The quantitative estimate of drug-likeness (QED) is 0.768. The van der Waals surface area contributed by atoms with Gasteiger partial charge in [-0.1, -0.05) is 26.0 Å². The topological polar surface area (TPSA) is 55.1 Å². The Balaban J connectivity index is 0.00000324. The van der Waals surface area contributed by atoms with Crippen molar-refractivity contribution in [1.82, 2.24) is 5.32 Å². The number of carbonyl (C=O) groups is 1. The van der Waals surface area contributed by atoms with Crippen LogP contribution in [0.15, 0.2) is 18.2 Å². The van der Waals surface area contributed by atoms with E-state index in [2.05, 4.69) is 41.8 Å². The molecule has 19 heavy (non-hydrogen) atoms. The minimum absolute atomic E-state index is 0. The Hall–Kier alpha value is -0.330. The number of carbonyl (C=O) groups excluding carboxylic acids is 1. The normalized spacial score (nSPS) is 13.6. The summed E-state index contributed by atoms with van der Waals surface area (Å²) in [5.74, 6) is 0.235. The molecule has 108 valence electrons. The Morgan fingerprint density at radius 3 is 2.53 bits per heavy atom. The van der Waals surface area contributed by atoms with Gasteiger partial charge in [-0.2, -0.15) is 0 Å². The number of benzene rings is 1. The van der Waals surface area contributed by atoms with Crippen LogP contribution in [0.3, 0.4) is 0 Å². The molecule has 0 saturated carbocycles. The summed E-state index contributed by atoms with van der Waals surface area (Å²) in [4.78, 5) is 12.3. The van der Waals surface area contributed by atoms with Gasteiger partial charge in [0.1, 0.15) is 0 Å². The van der Waals surface area contributed by atoms with E-state index in [4.69, 9.17) is 5.73 Å². The highest BCUT2D eigenvalue weighted by Crippen LogP contribution is 2.20. The van der Waals surface area contributed by atoms with Crippen molar-refractivity contribution in [3.05, 3.63) is 32.9 Å². The van der Waals surface area contributed by atoms with Gasteiger partial charge in [0.2, 0.25) is 0 Å². The molecule has 0 fully saturated rings. The highest BCUT2D eigenvalue weighted by atomic mass is 127. The number of hydrogen-bond acceptors (Lipinski definition) is 2. The lowest BCUT2D eigenvalue weighted by molar-refractivity contribution is 0.0882. The van der Waals surface area contributed by atoms with Gasteiger partial charge in [0.05, 0.1) is 11.1 Å². The van der Waals surface area contributed by atoms with Gasteiger partial charge in [-0.15, -0.1) is 12.4 Å². The van der Waals surface area contributed by atoms with E-state index in [-0.39, 0.29) is 29.8 Å². The molecule has 5 heteroatoms. The summed E-state index contributed by atoms with van der Waals surface area (Å²) < 4.78 is 0.996. The lowest BCUT2D eigenvalue weighted by Gasteiger charge is -2.33. The first-order chi connectivity index (χ1) is 8.31. The zero-order valence-electron chi connectivity index (χ0n) is 11.8. The average molecular weight is 397 g/mol. The highest BCUT2D eigenvalue weighted by Gasteiger charge is 2.29. The SMILES string of the molecule is Cc1cccc(C(=O)NC(C)(CN)C(C)C)c1I.Cl. The highest BCUT2D eigenvalue weighted by molar-refractivity contribution is 14.1. The molecule has 1 amide bonds. The van der Waals surface area contributed by atoms with E-state index in [0.29, 0.717) is 6.54 Å². The third-order valence-electron chi connectivity index (χ3n) is 3.53. The van der Waals surface area contributed by atoms with Crippen LogP contribution in [0.4, 0.5) is 0 Å². The van der Waals surface area contributed by atoms with Crippen LogP contribution in [0.5, 0.6) is 0 Å². The monoisotopic (exact) mass is 396 g/mol. The molecule has 0 spiro atoms. The summed E-state index contributed by atoms with van der Waals surface area (Å²) in [6.45, 7) is 8.54. The van der Waals surface area contributed by atoms with Gasteiger partial charge in [-0.3, -0.25) is 4.79 Å². The van der Waals surface area contributed by atoms with Crippen LogP contribution in [-0.4, -0.2) is 18.0 Å². The molecule has 1 aromatic carbocycles. The van der Waals surface area contributed by atoms with Crippen molar-refractivity contribution >= 4 is 40.9 Å². The maximum atomic E-state index is 12.3. The van der Waals surface area contributed by atoms with E-state index >= 15 is 0 Å². The Kier molecular flexibility index (Phi) is 7.32. The molecule has 1 rings (SSSR count). The molecule has 1 atom stereocenters. The molecule has 3 N–H and O–H groups in total. The second-order valence-corrected chi connectivity index (χ2v) is 6.25. The van der Waals surface area contributed by atoms with Gasteiger partial charge in [0.25, 0.3) is 5.91 Å². The molecule has 0 aromatic heterocycles. The Labute approximate surface area is 135 Å². The second kappa shape index (κ2) is 7.45. The van der Waals surface area contributed by atoms with E-state index in [1.54, 1.807) is 0 Å². The smallest absolute Gasteiger partial charge is 0.252 e. The maximum Gasteiger partial charge on any atom is 0.252 e. The van der Waals surface area contributed by atoms with E-state index in [9.17, 15) is 4.79 Å². The van der Waals surface area contributed by atoms with Crippen molar-refractivity contribution < 1.29 is 4.79 Å². The summed E-state index contributed by atoms with van der Waals surface area (Å²) in [5.41, 5.74) is 7.25. The molecule has 0 aliphatic rings. The molecule has 0 radical (unpaired) electrons. The number of nitrogens with one attached hydrogen (secondary N) is 1. The van der Waals surface area contributed by atoms with E-state index in [1.807, 2.05) is 32.0 Å². The Morgan fingerprint density at radius 2 is 2.05 bits per heavy atom. The first-order valence-electron chi connectivity index (χ1n) is 6.09. The fourth-order valence-corrected chi connectivity index (χ4v) is 2.19. The Morgan fingerprint density at radius 1 is 1.47 bits per heavy atom. The van der Waals surface area contributed by atoms with Crippen LogP contribution in [0.1, 0.15) is 36.7 Å². The van der Waals surface area contributed by atoms with Gasteiger partial charge >= 0.3 is 0 Å². The summed E-state index contributed by atoms with van der Waals surface area (Å²) in [6, 6.07) is 5.76. The Bertz CT molecular complexity index is 451. The first-order valence-corrected chi connectivity index (χ1v) is 7.17. The number of aryl methyl sites for hydroxylation is 1. The van der Waals surface area contributed by atoms with E-state index in [1.165, 1.54) is 0 Å². The standard InChI is InChI=1S/C14H21IN2O.ClH/c1-9(2)14(4,8-16)17-13(18)11-7-5-6-10(3)12(11)15;/h5-7,9H,8,16H2,1-4H3,(H,17,18);1H. The third kappa shape index (κ3) is 4.33. The van der Waals surface area contributed by atoms with Gasteiger partial charge < -0.3 is 11.1 Å². The second-order valence-electron chi connectivity index (χ2n) is 5.17.